The highest BCUT2D eigenvalue weighted by molar-refractivity contribution is 5.94. The summed E-state index contributed by atoms with van der Waals surface area (Å²) in [4.78, 5) is 23.5. The van der Waals surface area contributed by atoms with Gasteiger partial charge in [-0.3, -0.25) is 9.59 Å². The molecule has 142 valence electrons. The Morgan fingerprint density at radius 2 is 2.07 bits per heavy atom. The van der Waals surface area contributed by atoms with E-state index in [1.807, 2.05) is 42.5 Å². The van der Waals surface area contributed by atoms with Gasteiger partial charge in [0.1, 0.15) is 5.75 Å². The van der Waals surface area contributed by atoms with Crippen molar-refractivity contribution in [2.24, 2.45) is 0 Å². The van der Waals surface area contributed by atoms with Crippen molar-refractivity contribution in [2.75, 3.05) is 24.4 Å². The van der Waals surface area contributed by atoms with Gasteiger partial charge in [-0.1, -0.05) is 12.1 Å². The van der Waals surface area contributed by atoms with E-state index in [-0.39, 0.29) is 11.8 Å². The fourth-order valence-corrected chi connectivity index (χ4v) is 3.00. The minimum atomic E-state index is -0.0404. The number of benzene rings is 2. The van der Waals surface area contributed by atoms with E-state index in [0.29, 0.717) is 32.5 Å². The minimum absolute atomic E-state index is 0.0404. The second kappa shape index (κ2) is 9.19. The normalized spacial score (nSPS) is 12.9. The summed E-state index contributed by atoms with van der Waals surface area (Å²) in [5.74, 6) is 0.772. The third-order valence-electron chi connectivity index (χ3n) is 4.31. The van der Waals surface area contributed by atoms with Gasteiger partial charge in [0.25, 0.3) is 0 Å². The molecule has 0 atom stereocenters. The minimum Gasteiger partial charge on any atom is -0.494 e. The summed E-state index contributed by atoms with van der Waals surface area (Å²) < 4.78 is 10.8. The molecule has 0 radical (unpaired) electrons. The second-order valence-electron chi connectivity index (χ2n) is 6.50. The van der Waals surface area contributed by atoms with Crippen LogP contribution in [0.1, 0.15) is 30.4 Å². The number of fused-ring (bicyclic) bond motifs is 1. The molecule has 0 unspecified atom stereocenters. The van der Waals surface area contributed by atoms with Crippen molar-refractivity contribution in [2.45, 2.75) is 32.3 Å². The van der Waals surface area contributed by atoms with Crippen LogP contribution < -0.4 is 15.4 Å². The van der Waals surface area contributed by atoms with E-state index >= 15 is 0 Å². The molecule has 2 N–H and O–H groups in total. The monoisotopic (exact) mass is 368 g/mol. The summed E-state index contributed by atoms with van der Waals surface area (Å²) in [6.07, 6.45) is 2.23. The van der Waals surface area contributed by atoms with Gasteiger partial charge in [0.15, 0.2) is 0 Å². The SMILES string of the molecule is COCc1cccc(NC(=O)CCCOc2ccc3c(c2)CCC(=O)N3)c1. The highest BCUT2D eigenvalue weighted by Crippen LogP contribution is 2.26. The molecule has 6 nitrogen and oxygen atoms in total. The first-order valence-corrected chi connectivity index (χ1v) is 9.07. The quantitative estimate of drug-likeness (QED) is 0.699. The molecule has 0 saturated carbocycles. The molecule has 27 heavy (non-hydrogen) atoms. The number of aryl methyl sites for hydroxylation is 1. The number of ether oxygens (including phenoxy) is 2. The zero-order chi connectivity index (χ0) is 19.1. The smallest absolute Gasteiger partial charge is 0.224 e. The van der Waals surface area contributed by atoms with Gasteiger partial charge in [-0.05, 0) is 54.3 Å². The molecule has 1 heterocycles. The van der Waals surface area contributed by atoms with E-state index in [0.717, 1.165) is 34.7 Å². The molecule has 2 amide bonds. The lowest BCUT2D eigenvalue weighted by Crippen LogP contribution is -2.18. The van der Waals surface area contributed by atoms with E-state index in [9.17, 15) is 9.59 Å². The van der Waals surface area contributed by atoms with E-state index in [1.54, 1.807) is 7.11 Å². The van der Waals surface area contributed by atoms with Crippen LogP contribution in [-0.4, -0.2) is 25.5 Å². The Kier molecular flexibility index (Phi) is 6.44. The Hall–Kier alpha value is -2.86. The summed E-state index contributed by atoms with van der Waals surface area (Å²) in [7, 11) is 1.64. The van der Waals surface area contributed by atoms with Crippen LogP contribution in [0.2, 0.25) is 0 Å². The number of carbonyl (C=O) groups excluding carboxylic acids is 2. The van der Waals surface area contributed by atoms with Crippen LogP contribution in [0, 0.1) is 0 Å². The fraction of sp³-hybridized carbons (Fsp3) is 0.333. The first kappa shape index (κ1) is 18.9. The molecule has 0 bridgehead atoms. The molecule has 0 saturated heterocycles. The zero-order valence-electron chi connectivity index (χ0n) is 15.4. The van der Waals surface area contributed by atoms with Gasteiger partial charge < -0.3 is 20.1 Å². The molecule has 3 rings (SSSR count). The predicted octanol–water partition coefficient (Wildman–Crippen LogP) is 3.52. The Morgan fingerprint density at radius 3 is 2.93 bits per heavy atom. The van der Waals surface area contributed by atoms with Gasteiger partial charge >= 0.3 is 0 Å². The Balaban J connectivity index is 1.41. The van der Waals surface area contributed by atoms with Crippen LogP contribution in [0.4, 0.5) is 11.4 Å². The number of anilines is 2. The topological polar surface area (TPSA) is 76.7 Å². The molecule has 0 spiro atoms. The van der Waals surface area contributed by atoms with Crippen molar-refractivity contribution >= 4 is 23.2 Å². The fourth-order valence-electron chi connectivity index (χ4n) is 3.00. The number of hydrogen-bond acceptors (Lipinski definition) is 4. The lowest BCUT2D eigenvalue weighted by atomic mass is 10.0. The van der Waals surface area contributed by atoms with Crippen LogP contribution in [0.25, 0.3) is 0 Å². The molecule has 2 aromatic rings. The Labute approximate surface area is 158 Å². The average Bonchev–Trinajstić information content (AvgIpc) is 2.66. The van der Waals surface area contributed by atoms with Gasteiger partial charge in [0, 0.05) is 31.3 Å². The molecule has 1 aliphatic rings. The van der Waals surface area contributed by atoms with Crippen LogP contribution in [0.5, 0.6) is 5.75 Å². The first-order chi connectivity index (χ1) is 13.1. The molecule has 0 aliphatic carbocycles. The van der Waals surface area contributed by atoms with Gasteiger partial charge in [0.2, 0.25) is 11.8 Å². The molecule has 0 aromatic heterocycles. The van der Waals surface area contributed by atoms with E-state index in [2.05, 4.69) is 10.6 Å². The van der Waals surface area contributed by atoms with Gasteiger partial charge in [-0.15, -0.1) is 0 Å². The molecular formula is C21H24N2O4. The standard InChI is InChI=1S/C21H24N2O4/c1-26-14-15-4-2-5-17(12-15)22-20(24)6-3-11-27-18-8-9-19-16(13-18)7-10-21(25)23-19/h2,4-5,8-9,12-13H,3,6-7,10-11,14H2,1H3,(H,22,24)(H,23,25). The summed E-state index contributed by atoms with van der Waals surface area (Å²) in [5, 5.41) is 5.74. The average molecular weight is 368 g/mol. The third kappa shape index (κ3) is 5.56. The number of carbonyl (C=O) groups is 2. The highest BCUT2D eigenvalue weighted by Gasteiger charge is 2.15. The summed E-state index contributed by atoms with van der Waals surface area (Å²) in [6, 6.07) is 13.3. The number of amides is 2. The first-order valence-electron chi connectivity index (χ1n) is 9.07. The van der Waals surface area contributed by atoms with Crippen molar-refractivity contribution in [1.29, 1.82) is 0 Å². The van der Waals surface area contributed by atoms with Crippen LogP contribution in [-0.2, 0) is 27.4 Å². The second-order valence-corrected chi connectivity index (χ2v) is 6.50. The van der Waals surface area contributed by atoms with E-state index in [4.69, 9.17) is 9.47 Å². The maximum Gasteiger partial charge on any atom is 0.224 e. The molecular weight excluding hydrogens is 344 g/mol. The van der Waals surface area contributed by atoms with Gasteiger partial charge in [0.05, 0.1) is 13.2 Å². The number of methoxy groups -OCH3 is 1. The predicted molar refractivity (Wildman–Crippen MR) is 104 cm³/mol. The summed E-state index contributed by atoms with van der Waals surface area (Å²) >= 11 is 0. The van der Waals surface area contributed by atoms with Crippen LogP contribution in [0.3, 0.4) is 0 Å². The number of hydrogen-bond donors (Lipinski definition) is 2. The van der Waals surface area contributed by atoms with Crippen molar-refractivity contribution < 1.29 is 19.1 Å². The molecule has 0 fully saturated rings. The maximum atomic E-state index is 12.1. The maximum absolute atomic E-state index is 12.1. The Bertz CT molecular complexity index is 820. The number of rotatable bonds is 8. The van der Waals surface area contributed by atoms with Gasteiger partial charge in [-0.25, -0.2) is 0 Å². The van der Waals surface area contributed by atoms with Crippen molar-refractivity contribution in [3.63, 3.8) is 0 Å². The van der Waals surface area contributed by atoms with Crippen molar-refractivity contribution in [3.05, 3.63) is 53.6 Å². The van der Waals surface area contributed by atoms with Gasteiger partial charge in [-0.2, -0.15) is 0 Å². The van der Waals surface area contributed by atoms with Crippen LogP contribution >= 0.6 is 0 Å². The van der Waals surface area contributed by atoms with E-state index < -0.39 is 0 Å². The molecule has 1 aliphatic heterocycles. The lowest BCUT2D eigenvalue weighted by molar-refractivity contribution is -0.117. The van der Waals surface area contributed by atoms with Crippen LogP contribution in [0.15, 0.2) is 42.5 Å². The highest BCUT2D eigenvalue weighted by atomic mass is 16.5. The lowest BCUT2D eigenvalue weighted by Gasteiger charge is -2.17. The zero-order valence-corrected chi connectivity index (χ0v) is 15.4. The Morgan fingerprint density at radius 1 is 1.19 bits per heavy atom. The van der Waals surface area contributed by atoms with Crippen molar-refractivity contribution in [3.8, 4) is 5.75 Å². The summed E-state index contributed by atoms with van der Waals surface area (Å²) in [6.45, 7) is 0.976. The summed E-state index contributed by atoms with van der Waals surface area (Å²) in [5.41, 5.74) is 3.73. The molecule has 2 aromatic carbocycles. The largest absolute Gasteiger partial charge is 0.494 e. The van der Waals surface area contributed by atoms with E-state index in [1.165, 1.54) is 0 Å². The van der Waals surface area contributed by atoms with Crippen molar-refractivity contribution in [1.82, 2.24) is 0 Å². The third-order valence-corrected chi connectivity index (χ3v) is 4.31. The number of nitrogens with one attached hydrogen (secondary N) is 2. The molecule has 6 heteroatoms.